The number of guanidine groups is 1. The molecule has 330 valence electrons. The number of aliphatic imine (C=N–C) groups is 1. The summed E-state index contributed by atoms with van der Waals surface area (Å²) in [6, 6.07) is 13.9. The van der Waals surface area contributed by atoms with Crippen LogP contribution in [0.1, 0.15) is 42.5 Å². The summed E-state index contributed by atoms with van der Waals surface area (Å²) in [4.78, 5) is 110. The molecule has 3 heterocycles. The molecule has 20 nitrogen and oxygen atoms in total. The first-order valence-corrected chi connectivity index (χ1v) is 20.4. The summed E-state index contributed by atoms with van der Waals surface area (Å²) >= 11 is 0. The van der Waals surface area contributed by atoms with Crippen LogP contribution < -0.4 is 49.1 Å². The van der Waals surface area contributed by atoms with Crippen molar-refractivity contribution in [2.75, 3.05) is 13.1 Å². The van der Waals surface area contributed by atoms with Crippen molar-refractivity contribution in [3.05, 3.63) is 102 Å². The summed E-state index contributed by atoms with van der Waals surface area (Å²) < 4.78 is 0. The molecule has 1 unspecified atom stereocenters. The van der Waals surface area contributed by atoms with Crippen LogP contribution in [0.15, 0.2) is 90.4 Å². The lowest BCUT2D eigenvalue weighted by Crippen LogP contribution is -2.60. The molecule has 5 aromatic rings. The van der Waals surface area contributed by atoms with Crippen molar-refractivity contribution in [3.8, 4) is 0 Å². The molecule has 1 aliphatic heterocycles. The largest absolute Gasteiger partial charge is 0.370 e. The molecule has 0 radical (unpaired) electrons. The minimum Gasteiger partial charge on any atom is -0.370 e. The number of carbonyl (C=O) groups is 7. The highest BCUT2D eigenvalue weighted by Crippen LogP contribution is 2.20. The first-order chi connectivity index (χ1) is 30.3. The van der Waals surface area contributed by atoms with Crippen molar-refractivity contribution >= 4 is 69.0 Å². The highest BCUT2D eigenvalue weighted by molar-refractivity contribution is 5.97. The molecule has 0 spiro atoms. The Morgan fingerprint density at radius 1 is 0.683 bits per heavy atom. The van der Waals surface area contributed by atoms with Crippen LogP contribution in [0.4, 0.5) is 0 Å². The lowest BCUT2D eigenvalue weighted by Gasteiger charge is -2.27. The minimum atomic E-state index is -1.42. The fourth-order valence-corrected chi connectivity index (χ4v) is 7.25. The highest BCUT2D eigenvalue weighted by Gasteiger charge is 2.33. The molecule has 1 aliphatic rings. The van der Waals surface area contributed by atoms with Crippen molar-refractivity contribution in [3.63, 3.8) is 0 Å². The van der Waals surface area contributed by atoms with Gasteiger partial charge in [0.2, 0.25) is 41.4 Å². The molecule has 0 saturated carbocycles. The van der Waals surface area contributed by atoms with Crippen molar-refractivity contribution in [2.45, 2.75) is 75.2 Å². The van der Waals surface area contributed by atoms with E-state index in [1.807, 2.05) is 66.7 Å². The molecule has 20 heteroatoms. The molecule has 1 fully saturated rings. The third-order valence-corrected chi connectivity index (χ3v) is 10.6. The van der Waals surface area contributed by atoms with Gasteiger partial charge in [0, 0.05) is 74.2 Å². The summed E-state index contributed by atoms with van der Waals surface area (Å²) in [6.07, 6.45) is 3.92. The number of amides is 7. The minimum absolute atomic E-state index is 0.0130. The van der Waals surface area contributed by atoms with Crippen molar-refractivity contribution in [1.82, 2.24) is 46.9 Å². The molecular formula is C43H51N13O7. The molecule has 1 saturated heterocycles. The van der Waals surface area contributed by atoms with Gasteiger partial charge in [-0.05, 0) is 40.8 Å². The van der Waals surface area contributed by atoms with E-state index in [1.165, 1.54) is 12.5 Å². The van der Waals surface area contributed by atoms with Gasteiger partial charge in [0.1, 0.15) is 30.2 Å². The average molecular weight is 862 g/mol. The van der Waals surface area contributed by atoms with Crippen LogP contribution in [0, 0.1) is 0 Å². The Hall–Kier alpha value is -7.77. The number of hydrogen-bond donors (Lipinski definition) is 11. The van der Waals surface area contributed by atoms with E-state index >= 15 is 0 Å². The number of fused-ring (bicyclic) bond motifs is 2. The predicted octanol–water partition coefficient (Wildman–Crippen LogP) is -1.05. The molecule has 6 rings (SSSR count). The smallest absolute Gasteiger partial charge is 0.243 e. The van der Waals surface area contributed by atoms with E-state index in [2.05, 4.69) is 51.8 Å². The maximum Gasteiger partial charge on any atom is 0.243 e. The fraction of sp³-hybridized carbons (Fsp3) is 0.326. The number of benzene rings is 3. The maximum absolute atomic E-state index is 14.5. The summed E-state index contributed by atoms with van der Waals surface area (Å²) in [5.74, 6) is -5.52. The number of nitrogens with zero attached hydrogens (tertiary/aromatic N) is 2. The normalized spacial score (nSPS) is 21.0. The van der Waals surface area contributed by atoms with Crippen LogP contribution in [0.3, 0.4) is 0 Å². The van der Waals surface area contributed by atoms with E-state index in [1.54, 1.807) is 6.20 Å². The number of imidazole rings is 1. The fourth-order valence-electron chi connectivity index (χ4n) is 7.25. The zero-order valence-electron chi connectivity index (χ0n) is 34.3. The highest BCUT2D eigenvalue weighted by atomic mass is 16.2. The molecular weight excluding hydrogens is 811 g/mol. The summed E-state index contributed by atoms with van der Waals surface area (Å²) in [5, 5.41) is 18.7. The number of primary amides is 1. The number of aromatic amines is 2. The number of nitrogens with one attached hydrogen (secondary N) is 8. The lowest BCUT2D eigenvalue weighted by atomic mass is 9.99. The Kier molecular flexibility index (Phi) is 15.0. The molecule has 0 bridgehead atoms. The molecule has 0 aliphatic carbocycles. The van der Waals surface area contributed by atoms with Gasteiger partial charge < -0.3 is 59.1 Å². The monoisotopic (exact) mass is 861 g/mol. The number of aromatic nitrogens is 3. The van der Waals surface area contributed by atoms with E-state index in [-0.39, 0.29) is 57.5 Å². The van der Waals surface area contributed by atoms with E-state index < -0.39 is 78.1 Å². The van der Waals surface area contributed by atoms with Gasteiger partial charge >= 0.3 is 0 Å². The summed E-state index contributed by atoms with van der Waals surface area (Å²) in [7, 11) is 0. The molecule has 7 amide bonds. The van der Waals surface area contributed by atoms with E-state index in [0.717, 1.165) is 21.7 Å². The van der Waals surface area contributed by atoms with Crippen LogP contribution in [0.5, 0.6) is 0 Å². The van der Waals surface area contributed by atoms with Gasteiger partial charge in [-0.2, -0.15) is 0 Å². The van der Waals surface area contributed by atoms with Gasteiger partial charge in [-0.3, -0.25) is 38.6 Å². The summed E-state index contributed by atoms with van der Waals surface area (Å²) in [6.45, 7) is -0.332. The SMILES string of the molecule is NC(=O)C1CNC(=O)CCC(=O)N[C@@H](Cc2cnc[nH]2)C(=O)N[C@H](Cc2ccc3ccccc3c2)C(=O)N[C@@H](CCCN=C(N)N)C(=O)N[C@@H](Cc2c[nH]c3ccccc23)C(=O)N1. The second kappa shape index (κ2) is 21.2. The van der Waals surface area contributed by atoms with Crippen LogP contribution in [0.2, 0.25) is 0 Å². The number of hydrogen-bond acceptors (Lipinski definition) is 9. The standard InChI is InChI=1S/C43H51N13O7/c44-38(59)35-22-50-36(57)13-14-37(58)52-34(19-28-21-47-23-51-28)42(63)54-32(17-24-11-12-25-6-1-2-7-26(25)16-24)40(61)53-31(10-5-15-48-43(45)46)39(60)55-33(41(62)56-35)18-27-20-49-30-9-4-3-8-29(27)30/h1-4,6-9,11-12,16,20-21,23,31-35,49H,5,10,13-15,17-19,22H2,(H2,44,59)(H,47,51)(H,50,57)(H,52,58)(H,53,61)(H,54,63)(H,55,60)(H,56,62)(H4,45,46,48)/t31-,32+,33-,34-,35?/m0/s1. The number of H-pyrrole nitrogens is 2. The van der Waals surface area contributed by atoms with E-state index in [4.69, 9.17) is 17.2 Å². The third-order valence-electron chi connectivity index (χ3n) is 10.6. The Labute approximate surface area is 361 Å². The third kappa shape index (κ3) is 12.6. The molecule has 5 atom stereocenters. The Bertz CT molecular complexity index is 2480. The number of rotatable bonds is 11. The van der Waals surface area contributed by atoms with Crippen molar-refractivity contribution in [1.29, 1.82) is 0 Å². The predicted molar refractivity (Wildman–Crippen MR) is 233 cm³/mol. The van der Waals surface area contributed by atoms with Gasteiger partial charge in [0.15, 0.2) is 5.96 Å². The van der Waals surface area contributed by atoms with Gasteiger partial charge in [-0.25, -0.2) is 4.98 Å². The first-order valence-electron chi connectivity index (χ1n) is 20.4. The van der Waals surface area contributed by atoms with Gasteiger partial charge in [0.25, 0.3) is 0 Å². The molecule has 2 aromatic heterocycles. The zero-order valence-corrected chi connectivity index (χ0v) is 34.3. The quantitative estimate of drug-likeness (QED) is 0.0435. The van der Waals surface area contributed by atoms with Crippen molar-refractivity contribution in [2.24, 2.45) is 22.2 Å². The molecule has 14 N–H and O–H groups in total. The second-order valence-electron chi connectivity index (χ2n) is 15.3. The number of para-hydroxylation sites is 1. The Balaban J connectivity index is 1.37. The van der Waals surface area contributed by atoms with Gasteiger partial charge in [0.05, 0.1) is 6.33 Å². The van der Waals surface area contributed by atoms with Crippen LogP contribution in [-0.2, 0) is 52.8 Å². The molecule has 3 aromatic carbocycles. The maximum atomic E-state index is 14.5. The van der Waals surface area contributed by atoms with Gasteiger partial charge in [-0.15, -0.1) is 0 Å². The zero-order chi connectivity index (χ0) is 44.9. The average Bonchev–Trinajstić information content (AvgIpc) is 3.94. The molecule has 63 heavy (non-hydrogen) atoms. The number of carbonyl (C=O) groups excluding carboxylic acids is 7. The number of nitrogens with two attached hydrogens (primary N) is 3. The van der Waals surface area contributed by atoms with Gasteiger partial charge in [-0.1, -0.05) is 60.7 Å². The topological polar surface area (TPSA) is 327 Å². The van der Waals surface area contributed by atoms with E-state index in [9.17, 15) is 33.6 Å². The summed E-state index contributed by atoms with van der Waals surface area (Å²) in [5.41, 5.74) is 19.4. The first kappa shape index (κ1) is 44.8. The lowest BCUT2D eigenvalue weighted by molar-refractivity contribution is -0.135. The Morgan fingerprint density at radius 3 is 2.06 bits per heavy atom. The second-order valence-corrected chi connectivity index (χ2v) is 15.3. The van der Waals surface area contributed by atoms with E-state index in [0.29, 0.717) is 16.8 Å². The van der Waals surface area contributed by atoms with Crippen LogP contribution in [-0.4, -0.2) is 106 Å². The van der Waals surface area contributed by atoms with Crippen LogP contribution >= 0.6 is 0 Å². The van der Waals surface area contributed by atoms with Crippen molar-refractivity contribution < 1.29 is 33.6 Å². The van der Waals surface area contributed by atoms with Crippen LogP contribution in [0.25, 0.3) is 21.7 Å². The Morgan fingerprint density at radius 2 is 1.33 bits per heavy atom.